The standard InChI is InChI=1S/C19H15N5O/c1-2-9-21-17(6-1)16-5-3-4-14(12-16)13-22-19-24-23-18(25-19)15-7-10-20-11-8-15/h1-12H,13H2,(H,22,24). The number of aromatic nitrogens is 4. The highest BCUT2D eigenvalue weighted by Crippen LogP contribution is 2.20. The second-order valence-corrected chi connectivity index (χ2v) is 5.42. The minimum absolute atomic E-state index is 0.384. The molecule has 0 spiro atoms. The summed E-state index contributed by atoms with van der Waals surface area (Å²) in [6.45, 7) is 0.582. The smallest absolute Gasteiger partial charge is 0.316 e. The van der Waals surface area contributed by atoms with E-state index in [1.165, 1.54) is 0 Å². The molecule has 1 N–H and O–H groups in total. The van der Waals surface area contributed by atoms with E-state index in [1.807, 2.05) is 48.5 Å². The highest BCUT2D eigenvalue weighted by atomic mass is 16.4. The van der Waals surface area contributed by atoms with E-state index < -0.39 is 0 Å². The third-order valence-corrected chi connectivity index (χ3v) is 3.68. The molecule has 0 atom stereocenters. The zero-order valence-electron chi connectivity index (χ0n) is 13.3. The SMILES string of the molecule is c1ccc(-c2cccc(CNc3nnc(-c4ccncc4)o3)c2)nc1. The van der Waals surface area contributed by atoms with Crippen LogP contribution in [0.25, 0.3) is 22.7 Å². The Kier molecular flexibility index (Phi) is 4.16. The Morgan fingerprint density at radius 1 is 0.840 bits per heavy atom. The third-order valence-electron chi connectivity index (χ3n) is 3.68. The third kappa shape index (κ3) is 3.53. The largest absolute Gasteiger partial charge is 0.403 e. The van der Waals surface area contributed by atoms with Crippen molar-refractivity contribution in [2.75, 3.05) is 5.32 Å². The molecule has 0 aliphatic rings. The van der Waals surface area contributed by atoms with Crippen LogP contribution in [-0.4, -0.2) is 20.2 Å². The lowest BCUT2D eigenvalue weighted by molar-refractivity contribution is 0.581. The highest BCUT2D eigenvalue weighted by molar-refractivity contribution is 5.59. The van der Waals surface area contributed by atoms with Crippen molar-refractivity contribution in [3.8, 4) is 22.7 Å². The summed E-state index contributed by atoms with van der Waals surface area (Å²) in [5.74, 6) is 0.465. The van der Waals surface area contributed by atoms with Gasteiger partial charge in [0.15, 0.2) is 0 Å². The Bertz CT molecular complexity index is 954. The van der Waals surface area contributed by atoms with Crippen molar-refractivity contribution >= 4 is 6.01 Å². The molecular formula is C19H15N5O. The van der Waals surface area contributed by atoms with Crippen molar-refractivity contribution in [1.29, 1.82) is 0 Å². The summed E-state index contributed by atoms with van der Waals surface area (Å²) in [7, 11) is 0. The fourth-order valence-electron chi connectivity index (χ4n) is 2.46. The van der Waals surface area contributed by atoms with E-state index in [0.717, 1.165) is 22.4 Å². The van der Waals surface area contributed by atoms with Gasteiger partial charge < -0.3 is 9.73 Å². The van der Waals surface area contributed by atoms with Gasteiger partial charge in [0.1, 0.15) is 0 Å². The molecule has 0 saturated carbocycles. The fourth-order valence-corrected chi connectivity index (χ4v) is 2.46. The first-order valence-corrected chi connectivity index (χ1v) is 7.86. The molecule has 122 valence electrons. The molecule has 4 aromatic rings. The normalized spacial score (nSPS) is 10.6. The van der Waals surface area contributed by atoms with Gasteiger partial charge in [-0.3, -0.25) is 9.97 Å². The lowest BCUT2D eigenvalue weighted by atomic mass is 10.1. The van der Waals surface area contributed by atoms with E-state index in [2.05, 4.69) is 31.5 Å². The summed E-state index contributed by atoms with van der Waals surface area (Å²) in [6, 6.07) is 18.1. The van der Waals surface area contributed by atoms with Gasteiger partial charge in [-0.05, 0) is 35.9 Å². The van der Waals surface area contributed by atoms with Gasteiger partial charge in [-0.15, -0.1) is 5.10 Å². The van der Waals surface area contributed by atoms with Gasteiger partial charge in [0.25, 0.3) is 0 Å². The van der Waals surface area contributed by atoms with Crippen molar-refractivity contribution in [1.82, 2.24) is 20.2 Å². The highest BCUT2D eigenvalue weighted by Gasteiger charge is 2.08. The molecule has 0 aliphatic carbocycles. The maximum Gasteiger partial charge on any atom is 0.316 e. The summed E-state index contributed by atoms with van der Waals surface area (Å²) in [5.41, 5.74) is 3.96. The predicted octanol–water partition coefficient (Wildman–Crippen LogP) is 3.81. The van der Waals surface area contributed by atoms with Gasteiger partial charge in [0.05, 0.1) is 5.69 Å². The second-order valence-electron chi connectivity index (χ2n) is 5.42. The van der Waals surface area contributed by atoms with E-state index in [-0.39, 0.29) is 0 Å². The summed E-state index contributed by atoms with van der Waals surface area (Å²) >= 11 is 0. The Morgan fingerprint density at radius 3 is 2.60 bits per heavy atom. The molecule has 0 amide bonds. The van der Waals surface area contributed by atoms with Crippen molar-refractivity contribution in [2.45, 2.75) is 6.54 Å². The van der Waals surface area contributed by atoms with Gasteiger partial charge in [0.2, 0.25) is 5.89 Å². The number of nitrogens with zero attached hydrogens (tertiary/aromatic N) is 4. The molecule has 0 bridgehead atoms. The van der Waals surface area contributed by atoms with Gasteiger partial charge >= 0.3 is 6.01 Å². The number of rotatable bonds is 5. The quantitative estimate of drug-likeness (QED) is 0.600. The van der Waals surface area contributed by atoms with E-state index in [9.17, 15) is 0 Å². The number of hydrogen-bond donors (Lipinski definition) is 1. The van der Waals surface area contributed by atoms with Gasteiger partial charge in [-0.1, -0.05) is 29.4 Å². The van der Waals surface area contributed by atoms with Gasteiger partial charge in [0, 0.05) is 36.3 Å². The molecule has 0 saturated heterocycles. The fraction of sp³-hybridized carbons (Fsp3) is 0.0526. The van der Waals surface area contributed by atoms with Crippen molar-refractivity contribution in [3.05, 3.63) is 78.8 Å². The average Bonchev–Trinajstić information content (AvgIpc) is 3.17. The van der Waals surface area contributed by atoms with Crippen LogP contribution >= 0.6 is 0 Å². The van der Waals surface area contributed by atoms with Crippen LogP contribution in [-0.2, 0) is 6.54 Å². The minimum atomic E-state index is 0.384. The monoisotopic (exact) mass is 329 g/mol. The zero-order valence-corrected chi connectivity index (χ0v) is 13.3. The van der Waals surface area contributed by atoms with E-state index in [1.54, 1.807) is 18.6 Å². The maximum absolute atomic E-state index is 5.63. The topological polar surface area (TPSA) is 76.7 Å². The van der Waals surface area contributed by atoms with Crippen molar-refractivity contribution < 1.29 is 4.42 Å². The molecule has 4 rings (SSSR count). The Labute approximate surface area is 144 Å². The summed E-state index contributed by atoms with van der Waals surface area (Å²) in [5, 5.41) is 11.2. The van der Waals surface area contributed by atoms with Crippen LogP contribution in [0.4, 0.5) is 6.01 Å². The Morgan fingerprint density at radius 2 is 1.76 bits per heavy atom. The van der Waals surface area contributed by atoms with Crippen LogP contribution in [0.15, 0.2) is 77.6 Å². The van der Waals surface area contributed by atoms with E-state index in [4.69, 9.17) is 4.42 Å². The molecule has 6 nitrogen and oxygen atoms in total. The average molecular weight is 329 g/mol. The van der Waals surface area contributed by atoms with Gasteiger partial charge in [-0.25, -0.2) is 0 Å². The Balaban J connectivity index is 1.46. The number of hydrogen-bond acceptors (Lipinski definition) is 6. The van der Waals surface area contributed by atoms with Gasteiger partial charge in [-0.2, -0.15) is 0 Å². The Hall–Kier alpha value is -3.54. The maximum atomic E-state index is 5.63. The predicted molar refractivity (Wildman–Crippen MR) is 94.5 cm³/mol. The molecule has 6 heteroatoms. The second kappa shape index (κ2) is 6.92. The van der Waals surface area contributed by atoms with Crippen molar-refractivity contribution in [2.24, 2.45) is 0 Å². The molecule has 0 aliphatic heterocycles. The molecule has 1 aromatic carbocycles. The first-order valence-electron chi connectivity index (χ1n) is 7.86. The van der Waals surface area contributed by atoms with Crippen LogP contribution in [0.3, 0.4) is 0 Å². The lowest BCUT2D eigenvalue weighted by Gasteiger charge is -2.05. The summed E-state index contributed by atoms with van der Waals surface area (Å²) < 4.78 is 5.63. The van der Waals surface area contributed by atoms with Crippen LogP contribution in [0.5, 0.6) is 0 Å². The first kappa shape index (κ1) is 15.0. The van der Waals surface area contributed by atoms with Crippen LogP contribution in [0, 0.1) is 0 Å². The molecular weight excluding hydrogens is 314 g/mol. The minimum Gasteiger partial charge on any atom is -0.403 e. The van der Waals surface area contributed by atoms with Crippen molar-refractivity contribution in [3.63, 3.8) is 0 Å². The summed E-state index contributed by atoms with van der Waals surface area (Å²) in [6.07, 6.45) is 5.17. The molecule has 0 radical (unpaired) electrons. The lowest BCUT2D eigenvalue weighted by Crippen LogP contribution is -1.99. The van der Waals surface area contributed by atoms with E-state index in [0.29, 0.717) is 18.5 Å². The molecule has 0 fully saturated rings. The molecule has 3 heterocycles. The number of benzene rings is 1. The first-order chi connectivity index (χ1) is 12.4. The van der Waals surface area contributed by atoms with Crippen LogP contribution in [0.2, 0.25) is 0 Å². The number of anilines is 1. The molecule has 3 aromatic heterocycles. The molecule has 25 heavy (non-hydrogen) atoms. The van der Waals surface area contributed by atoms with Crippen LogP contribution in [0.1, 0.15) is 5.56 Å². The zero-order chi connectivity index (χ0) is 16.9. The summed E-state index contributed by atoms with van der Waals surface area (Å²) in [4.78, 5) is 8.36. The van der Waals surface area contributed by atoms with Crippen LogP contribution < -0.4 is 5.32 Å². The number of nitrogens with one attached hydrogen (secondary N) is 1. The number of pyridine rings is 2. The van der Waals surface area contributed by atoms with E-state index >= 15 is 0 Å². The molecule has 0 unspecified atom stereocenters.